The van der Waals surface area contributed by atoms with Crippen LogP contribution in [0.15, 0.2) is 48.5 Å². The zero-order chi connectivity index (χ0) is 12.3. The molecule has 86 valence electrons. The van der Waals surface area contributed by atoms with E-state index in [9.17, 15) is 4.91 Å². The molecule has 4 nitrogen and oxygen atoms in total. The molecule has 0 amide bonds. The second-order valence-electron chi connectivity index (χ2n) is 3.30. The van der Waals surface area contributed by atoms with E-state index in [4.69, 9.17) is 21.5 Å². The molecule has 0 spiro atoms. The van der Waals surface area contributed by atoms with Crippen molar-refractivity contribution in [3.05, 3.63) is 58.5 Å². The molecule has 0 aliphatic carbocycles. The number of ether oxygens (including phenoxy) is 1. The lowest BCUT2D eigenvalue weighted by Gasteiger charge is -2.04. The Labute approximate surface area is 103 Å². The molecule has 0 unspecified atom stereocenters. The molecule has 0 aliphatic rings. The predicted molar refractivity (Wildman–Crippen MR) is 63.0 cm³/mol. The van der Waals surface area contributed by atoms with Crippen LogP contribution >= 0.6 is 11.6 Å². The van der Waals surface area contributed by atoms with Crippen LogP contribution in [0, 0.1) is 4.91 Å². The van der Waals surface area contributed by atoms with E-state index in [1.807, 2.05) is 18.2 Å². The van der Waals surface area contributed by atoms with Crippen LogP contribution in [-0.2, 0) is 0 Å². The minimum atomic E-state index is -0.283. The molecule has 0 radical (unpaired) electrons. The Morgan fingerprint density at radius 2 is 1.76 bits per heavy atom. The maximum atomic E-state index is 10.7. The third-order valence-electron chi connectivity index (χ3n) is 2.10. The van der Waals surface area contributed by atoms with Gasteiger partial charge in [-0.15, -0.1) is 0 Å². The summed E-state index contributed by atoms with van der Waals surface area (Å²) in [4.78, 5) is 10.4. The fourth-order valence-corrected chi connectivity index (χ4v) is 1.57. The lowest BCUT2D eigenvalue weighted by molar-refractivity contribution is -0.729. The van der Waals surface area contributed by atoms with Gasteiger partial charge in [0.05, 0.1) is 4.91 Å². The van der Waals surface area contributed by atoms with Crippen molar-refractivity contribution in [1.82, 2.24) is 0 Å². The fourth-order valence-electron chi connectivity index (χ4n) is 1.33. The Balaban J connectivity index is 2.24. The topological polar surface area (TPSA) is 49.5 Å². The van der Waals surface area contributed by atoms with Gasteiger partial charge in [-0.25, -0.2) is 5.21 Å². The number of nitrogens with zero attached hydrogens (tertiary/aromatic N) is 1. The molecular weight excluding hydrogens is 242 g/mol. The van der Waals surface area contributed by atoms with Crippen LogP contribution < -0.4 is 4.74 Å². The van der Waals surface area contributed by atoms with Crippen LogP contribution in [-0.4, -0.2) is 10.1 Å². The van der Waals surface area contributed by atoms with Crippen molar-refractivity contribution < 1.29 is 14.9 Å². The molecule has 0 heterocycles. The van der Waals surface area contributed by atoms with Gasteiger partial charge < -0.3 is 4.74 Å². The van der Waals surface area contributed by atoms with Gasteiger partial charge in [-0.2, -0.15) is 0 Å². The molecule has 0 aliphatic heterocycles. The Bertz CT molecular complexity index is 543. The van der Waals surface area contributed by atoms with E-state index in [0.29, 0.717) is 11.5 Å². The molecule has 0 saturated carbocycles. The molecule has 17 heavy (non-hydrogen) atoms. The summed E-state index contributed by atoms with van der Waals surface area (Å²) in [6.07, 6.45) is 0. The van der Waals surface area contributed by atoms with Crippen molar-refractivity contribution in [1.29, 1.82) is 0 Å². The summed E-state index contributed by atoms with van der Waals surface area (Å²) in [5.41, 5.74) is -0.0212. The highest BCUT2D eigenvalue weighted by Crippen LogP contribution is 2.30. The summed E-state index contributed by atoms with van der Waals surface area (Å²) >= 11 is 5.81. The highest BCUT2D eigenvalue weighted by Gasteiger charge is 2.17. The minimum Gasteiger partial charge on any atom is -0.457 e. The maximum Gasteiger partial charge on any atom is 0.335 e. The number of benzene rings is 2. The van der Waals surface area contributed by atoms with Gasteiger partial charge in [-0.05, 0) is 18.2 Å². The predicted octanol–water partition coefficient (Wildman–Crippen LogP) is 3.93. The van der Waals surface area contributed by atoms with Crippen molar-refractivity contribution in [2.75, 3.05) is 0 Å². The molecule has 5 heteroatoms. The summed E-state index contributed by atoms with van der Waals surface area (Å²) in [6, 6.07) is 13.6. The van der Waals surface area contributed by atoms with Gasteiger partial charge in [0.2, 0.25) is 0 Å². The maximum absolute atomic E-state index is 10.7. The monoisotopic (exact) mass is 250 g/mol. The van der Waals surface area contributed by atoms with E-state index < -0.39 is 0 Å². The first kappa shape index (κ1) is 11.4. The molecule has 1 N–H and O–H groups in total. The zero-order valence-corrected chi connectivity index (χ0v) is 9.46. The first-order valence-electron chi connectivity index (χ1n) is 4.85. The SMILES string of the molecule is O=[N+](O)c1ccc(Oc2ccccc2)cc1Cl. The van der Waals surface area contributed by atoms with Crippen LogP contribution in [0.3, 0.4) is 0 Å². The van der Waals surface area contributed by atoms with Gasteiger partial charge in [0.15, 0.2) is 0 Å². The van der Waals surface area contributed by atoms with Gasteiger partial charge in [-0.1, -0.05) is 29.8 Å². The van der Waals surface area contributed by atoms with Crippen molar-refractivity contribution in [3.63, 3.8) is 0 Å². The quantitative estimate of drug-likeness (QED) is 0.840. The first-order chi connectivity index (χ1) is 8.16. The summed E-state index contributed by atoms with van der Waals surface area (Å²) in [5.74, 6) is 1.16. The number of rotatable bonds is 3. The molecular formula is C12H9ClNO3+. The molecule has 0 aromatic heterocycles. The molecule has 2 aromatic rings. The van der Waals surface area contributed by atoms with E-state index in [2.05, 4.69) is 0 Å². The van der Waals surface area contributed by atoms with Crippen LogP contribution in [0.25, 0.3) is 0 Å². The standard InChI is InChI=1S/C12H9ClNO3/c13-11-8-10(6-7-12(11)14(15)16)17-9-4-2-1-3-5-9/h1-8H,(H,15,16)/q+1. The van der Waals surface area contributed by atoms with E-state index in [0.717, 1.165) is 0 Å². The Hall–Kier alpha value is -2.07. The van der Waals surface area contributed by atoms with Crippen LogP contribution in [0.4, 0.5) is 5.69 Å². The largest absolute Gasteiger partial charge is 0.457 e. The highest BCUT2D eigenvalue weighted by molar-refractivity contribution is 6.32. The van der Waals surface area contributed by atoms with E-state index in [-0.39, 0.29) is 15.6 Å². The average molecular weight is 251 g/mol. The van der Waals surface area contributed by atoms with Gasteiger partial charge >= 0.3 is 5.69 Å². The van der Waals surface area contributed by atoms with Crippen LogP contribution in [0.5, 0.6) is 11.5 Å². The van der Waals surface area contributed by atoms with Gasteiger partial charge in [-0.3, -0.25) is 0 Å². The zero-order valence-electron chi connectivity index (χ0n) is 8.71. The smallest absolute Gasteiger partial charge is 0.335 e. The number of hydrogen-bond donors (Lipinski definition) is 1. The summed E-state index contributed by atoms with van der Waals surface area (Å²) in [7, 11) is 0. The van der Waals surface area contributed by atoms with Crippen molar-refractivity contribution in [2.24, 2.45) is 0 Å². The van der Waals surface area contributed by atoms with Crippen LogP contribution in [0.2, 0.25) is 5.02 Å². The number of halogens is 1. The van der Waals surface area contributed by atoms with E-state index in [1.165, 1.54) is 12.1 Å². The molecule has 2 aromatic carbocycles. The van der Waals surface area contributed by atoms with E-state index >= 15 is 0 Å². The minimum absolute atomic E-state index is 0.0212. The van der Waals surface area contributed by atoms with E-state index in [1.54, 1.807) is 18.2 Å². The summed E-state index contributed by atoms with van der Waals surface area (Å²) < 4.78 is 5.51. The first-order valence-corrected chi connectivity index (χ1v) is 5.23. The molecule has 0 fully saturated rings. The lowest BCUT2D eigenvalue weighted by Crippen LogP contribution is -1.93. The average Bonchev–Trinajstić information content (AvgIpc) is 2.30. The second kappa shape index (κ2) is 4.84. The molecule has 0 saturated heterocycles. The second-order valence-corrected chi connectivity index (χ2v) is 3.71. The summed E-state index contributed by atoms with van der Waals surface area (Å²) in [6.45, 7) is 0. The Morgan fingerprint density at radius 3 is 2.35 bits per heavy atom. The fraction of sp³-hybridized carbons (Fsp3) is 0. The summed E-state index contributed by atoms with van der Waals surface area (Å²) in [5, 5.41) is 8.86. The third kappa shape index (κ3) is 2.73. The number of hydrogen-bond acceptors (Lipinski definition) is 2. The van der Waals surface area contributed by atoms with Crippen molar-refractivity contribution in [2.45, 2.75) is 0 Å². The molecule has 2 rings (SSSR count). The Kier molecular flexibility index (Phi) is 3.25. The lowest BCUT2D eigenvalue weighted by atomic mass is 10.3. The normalized spacial score (nSPS) is 9.94. The van der Waals surface area contributed by atoms with Gasteiger partial charge in [0, 0.05) is 12.1 Å². The van der Waals surface area contributed by atoms with Crippen molar-refractivity contribution >= 4 is 17.3 Å². The third-order valence-corrected chi connectivity index (χ3v) is 2.41. The van der Waals surface area contributed by atoms with Crippen molar-refractivity contribution in [3.8, 4) is 11.5 Å². The Morgan fingerprint density at radius 1 is 1.06 bits per heavy atom. The van der Waals surface area contributed by atoms with Gasteiger partial charge in [0.25, 0.3) is 4.92 Å². The molecule has 0 bridgehead atoms. The molecule has 0 atom stereocenters. The van der Waals surface area contributed by atoms with Crippen LogP contribution in [0.1, 0.15) is 0 Å². The number of para-hydroxylation sites is 1. The highest BCUT2D eigenvalue weighted by atomic mass is 35.5. The van der Waals surface area contributed by atoms with Gasteiger partial charge in [0.1, 0.15) is 16.5 Å².